The summed E-state index contributed by atoms with van der Waals surface area (Å²) in [7, 11) is 0. The van der Waals surface area contributed by atoms with Crippen LogP contribution in [0.15, 0.2) is 22.8 Å². The van der Waals surface area contributed by atoms with Crippen molar-refractivity contribution in [1.82, 2.24) is 0 Å². The van der Waals surface area contributed by atoms with Crippen LogP contribution in [0.1, 0.15) is 83.5 Å². The number of ketones is 2. The summed E-state index contributed by atoms with van der Waals surface area (Å²) in [5, 5.41) is 0. The van der Waals surface area contributed by atoms with Gasteiger partial charge in [0.15, 0.2) is 0 Å². The average Bonchev–Trinajstić information content (AvgIpc) is 3.34. The third kappa shape index (κ3) is 2.94. The molecule has 26 heavy (non-hydrogen) atoms. The van der Waals surface area contributed by atoms with Crippen molar-refractivity contribution >= 4 is 11.6 Å². The lowest BCUT2D eigenvalue weighted by Gasteiger charge is -2.19. The molecular weight excluding hydrogens is 320 g/mol. The number of hydrogen-bond donors (Lipinski definition) is 0. The summed E-state index contributed by atoms with van der Waals surface area (Å²) in [6, 6.07) is 0. The zero-order valence-electron chi connectivity index (χ0n) is 16.0. The van der Waals surface area contributed by atoms with E-state index in [9.17, 15) is 9.59 Å². The van der Waals surface area contributed by atoms with E-state index < -0.39 is 0 Å². The molecule has 0 N–H and O–H groups in total. The monoisotopic (exact) mass is 352 g/mol. The molecule has 0 amide bonds. The van der Waals surface area contributed by atoms with Gasteiger partial charge in [-0.05, 0) is 87.4 Å². The zero-order chi connectivity index (χ0) is 17.7. The number of fused-ring (bicyclic) bond motifs is 5. The first-order chi connectivity index (χ1) is 12.7. The van der Waals surface area contributed by atoms with Crippen LogP contribution in [0.25, 0.3) is 0 Å². The number of carbonyl (C=O) groups is 2. The average molecular weight is 353 g/mol. The lowest BCUT2D eigenvalue weighted by Crippen LogP contribution is -2.07. The van der Waals surface area contributed by atoms with Crippen LogP contribution in [-0.4, -0.2) is 11.6 Å². The molecule has 140 valence electrons. The summed E-state index contributed by atoms with van der Waals surface area (Å²) in [6.07, 6.45) is 18.0. The lowest BCUT2D eigenvalue weighted by molar-refractivity contribution is -0.118. The molecule has 0 heterocycles. The van der Waals surface area contributed by atoms with Gasteiger partial charge in [-0.3, -0.25) is 9.59 Å². The van der Waals surface area contributed by atoms with E-state index in [4.69, 9.17) is 0 Å². The molecule has 2 nitrogen and oxygen atoms in total. The predicted octanol–water partition coefficient (Wildman–Crippen LogP) is 5.57. The Morgan fingerprint density at radius 1 is 0.769 bits per heavy atom. The van der Waals surface area contributed by atoms with Gasteiger partial charge in [-0.1, -0.05) is 22.8 Å². The topological polar surface area (TPSA) is 34.1 Å². The molecule has 0 aromatic rings. The molecule has 0 aliphatic heterocycles. The highest BCUT2D eigenvalue weighted by molar-refractivity contribution is 5.82. The normalized spacial score (nSPS) is 40.5. The minimum atomic E-state index is 0.514. The van der Waals surface area contributed by atoms with Crippen molar-refractivity contribution in [2.75, 3.05) is 0 Å². The quantitative estimate of drug-likeness (QED) is 0.534. The molecule has 0 radical (unpaired) electrons. The molecule has 0 aromatic carbocycles. The van der Waals surface area contributed by atoms with Crippen LogP contribution in [0.4, 0.5) is 0 Å². The first-order valence-electron chi connectivity index (χ1n) is 11.1. The van der Waals surface area contributed by atoms with Crippen LogP contribution < -0.4 is 0 Å². The minimum absolute atomic E-state index is 0.514. The Kier molecular flexibility index (Phi) is 4.41. The van der Waals surface area contributed by atoms with Crippen molar-refractivity contribution in [3.8, 4) is 0 Å². The first kappa shape index (κ1) is 17.0. The molecule has 0 saturated heterocycles. The van der Waals surface area contributed by atoms with Gasteiger partial charge < -0.3 is 0 Å². The van der Waals surface area contributed by atoms with Gasteiger partial charge in [0.1, 0.15) is 11.6 Å². The van der Waals surface area contributed by atoms with E-state index >= 15 is 0 Å². The molecule has 6 aliphatic carbocycles. The summed E-state index contributed by atoms with van der Waals surface area (Å²) in [6.45, 7) is 0. The molecule has 2 unspecified atom stereocenters. The Balaban J connectivity index is 0.000000115. The van der Waals surface area contributed by atoms with Crippen molar-refractivity contribution in [3.05, 3.63) is 22.8 Å². The Hall–Kier alpha value is -1.18. The highest BCUT2D eigenvalue weighted by atomic mass is 16.1. The van der Waals surface area contributed by atoms with Crippen molar-refractivity contribution in [1.29, 1.82) is 0 Å². The van der Waals surface area contributed by atoms with Gasteiger partial charge in [0.05, 0.1) is 0 Å². The number of hydrogen-bond acceptors (Lipinski definition) is 2. The highest BCUT2D eigenvalue weighted by Gasteiger charge is 2.44. The van der Waals surface area contributed by atoms with Gasteiger partial charge in [-0.25, -0.2) is 0 Å². The fourth-order valence-corrected chi connectivity index (χ4v) is 7.15. The summed E-state index contributed by atoms with van der Waals surface area (Å²) < 4.78 is 0. The van der Waals surface area contributed by atoms with Crippen LogP contribution in [0.3, 0.4) is 0 Å². The Bertz CT molecular complexity index is 674. The van der Waals surface area contributed by atoms with Crippen LogP contribution in [-0.2, 0) is 9.59 Å². The minimum Gasteiger partial charge on any atom is -0.300 e. The summed E-state index contributed by atoms with van der Waals surface area (Å²) in [4.78, 5) is 22.6. The van der Waals surface area contributed by atoms with Gasteiger partial charge >= 0.3 is 0 Å². The fraction of sp³-hybridized carbons (Fsp3) is 0.750. The van der Waals surface area contributed by atoms with Crippen molar-refractivity contribution in [2.45, 2.75) is 83.5 Å². The van der Waals surface area contributed by atoms with Gasteiger partial charge in [0.2, 0.25) is 0 Å². The molecular formula is C24H32O2. The Labute approximate surface area is 157 Å². The van der Waals surface area contributed by atoms with Crippen molar-refractivity contribution in [2.24, 2.45) is 29.6 Å². The number of carbonyl (C=O) groups excluding carboxylic acids is 2. The van der Waals surface area contributed by atoms with E-state index in [0.29, 0.717) is 23.4 Å². The molecule has 0 spiro atoms. The van der Waals surface area contributed by atoms with Gasteiger partial charge in [-0.2, -0.15) is 0 Å². The fourth-order valence-electron chi connectivity index (χ4n) is 7.15. The maximum absolute atomic E-state index is 11.3. The van der Waals surface area contributed by atoms with E-state index in [-0.39, 0.29) is 0 Å². The lowest BCUT2D eigenvalue weighted by atomic mass is 9.86. The van der Waals surface area contributed by atoms with Gasteiger partial charge in [-0.15, -0.1) is 0 Å². The van der Waals surface area contributed by atoms with Crippen molar-refractivity contribution < 1.29 is 9.59 Å². The van der Waals surface area contributed by atoms with E-state index in [0.717, 1.165) is 43.4 Å². The smallest absolute Gasteiger partial charge is 0.133 e. The number of allylic oxidation sites excluding steroid dienone is 4. The maximum atomic E-state index is 11.3. The summed E-state index contributed by atoms with van der Waals surface area (Å²) in [5.74, 6) is 4.75. The molecule has 6 rings (SSSR count). The second kappa shape index (κ2) is 6.77. The highest BCUT2D eigenvalue weighted by Crippen LogP contribution is 2.52. The molecule has 3 saturated carbocycles. The van der Waals surface area contributed by atoms with Crippen molar-refractivity contribution in [3.63, 3.8) is 0 Å². The Morgan fingerprint density at radius 3 is 2.42 bits per heavy atom. The van der Waals surface area contributed by atoms with Gasteiger partial charge in [0, 0.05) is 25.7 Å². The molecule has 3 fully saturated rings. The largest absolute Gasteiger partial charge is 0.300 e. The van der Waals surface area contributed by atoms with Gasteiger partial charge in [0.25, 0.3) is 0 Å². The van der Waals surface area contributed by atoms with Crippen LogP contribution in [0, 0.1) is 29.6 Å². The molecule has 0 bridgehead atoms. The molecule has 2 heteroatoms. The standard InChI is InChI=1S/2C12H16O/c2*13-10-6-9-5-8-3-1-2-4-11(8)12(9)7-10/h9,12H,1-7H2;4,8-9,12H,1-3,5-7H2/t;8-,9+,12-/m.0/s1. The zero-order valence-corrected chi connectivity index (χ0v) is 16.0. The second-order valence-corrected chi connectivity index (χ2v) is 9.73. The summed E-state index contributed by atoms with van der Waals surface area (Å²) in [5.41, 5.74) is 5.12. The predicted molar refractivity (Wildman–Crippen MR) is 103 cm³/mol. The second-order valence-electron chi connectivity index (χ2n) is 9.73. The summed E-state index contributed by atoms with van der Waals surface area (Å²) >= 11 is 0. The van der Waals surface area contributed by atoms with E-state index in [1.807, 2.05) is 0 Å². The molecule has 6 aliphatic rings. The van der Waals surface area contributed by atoms with Crippen LogP contribution >= 0.6 is 0 Å². The number of rotatable bonds is 0. The third-order valence-corrected chi connectivity index (χ3v) is 8.22. The Morgan fingerprint density at radius 2 is 1.54 bits per heavy atom. The third-order valence-electron chi connectivity index (χ3n) is 8.22. The van der Waals surface area contributed by atoms with E-state index in [1.165, 1.54) is 57.8 Å². The first-order valence-corrected chi connectivity index (χ1v) is 11.1. The SMILES string of the molecule is O=C1CC2CC3=C(CCCC3)C2C1.O=C1C[C@H]2C[C@@H]3CCCC=C3[C@H]2C1. The van der Waals surface area contributed by atoms with E-state index in [1.54, 1.807) is 16.7 Å². The van der Waals surface area contributed by atoms with Crippen LogP contribution in [0.2, 0.25) is 0 Å². The molecule has 0 aromatic heterocycles. The maximum Gasteiger partial charge on any atom is 0.133 e. The number of Topliss-reactive ketones (excluding diaryl/α,β-unsaturated/α-hetero) is 2. The molecule has 5 atom stereocenters. The van der Waals surface area contributed by atoms with Crippen LogP contribution in [0.5, 0.6) is 0 Å². The van der Waals surface area contributed by atoms with E-state index in [2.05, 4.69) is 6.08 Å².